The van der Waals surface area contributed by atoms with E-state index in [-0.39, 0.29) is 0 Å². The first-order valence-electron chi connectivity index (χ1n) is 5.93. The number of fused-ring (bicyclic) bond motifs is 1. The normalized spacial score (nSPS) is 36.1. The summed E-state index contributed by atoms with van der Waals surface area (Å²) in [6, 6.07) is 0. The molecule has 0 spiro atoms. The van der Waals surface area contributed by atoms with Crippen LogP contribution in [0, 0.1) is 17.3 Å². The fourth-order valence-electron chi connectivity index (χ4n) is 3.21. The average Bonchev–Trinajstić information content (AvgIpc) is 2.17. The van der Waals surface area contributed by atoms with Crippen LogP contribution in [-0.2, 0) is 0 Å². The van der Waals surface area contributed by atoms with Gasteiger partial charge in [0.25, 0.3) is 0 Å². The third-order valence-electron chi connectivity index (χ3n) is 4.22. The summed E-state index contributed by atoms with van der Waals surface area (Å²) in [5.74, 6) is 1.28. The highest BCUT2D eigenvalue weighted by Crippen LogP contribution is 2.49. The molecule has 2 unspecified atom stereocenters. The highest BCUT2D eigenvalue weighted by Gasteiger charge is 2.38. The van der Waals surface area contributed by atoms with Gasteiger partial charge in [-0.15, -0.1) is 0 Å². The molecule has 2 aliphatic carbocycles. The Morgan fingerprint density at radius 1 is 1.50 bits per heavy atom. The lowest BCUT2D eigenvalue weighted by Crippen LogP contribution is -2.34. The minimum absolute atomic E-state index is 0.371. The second-order valence-electron chi connectivity index (χ2n) is 5.69. The first kappa shape index (κ1) is 10.2. The van der Waals surface area contributed by atoms with E-state index in [1.165, 1.54) is 25.7 Å². The van der Waals surface area contributed by atoms with Crippen molar-refractivity contribution < 1.29 is 5.11 Å². The van der Waals surface area contributed by atoms with Crippen LogP contribution >= 0.6 is 0 Å². The van der Waals surface area contributed by atoms with Gasteiger partial charge in [-0.1, -0.05) is 25.5 Å². The van der Waals surface area contributed by atoms with Crippen molar-refractivity contribution in [2.75, 3.05) is 6.61 Å². The number of aliphatic hydroxyl groups excluding tert-OH is 1. The Morgan fingerprint density at radius 3 is 3.00 bits per heavy atom. The topological polar surface area (TPSA) is 20.2 Å². The maximum absolute atomic E-state index is 9.22. The molecule has 0 bridgehead atoms. The Kier molecular flexibility index (Phi) is 2.70. The highest BCUT2D eigenvalue weighted by molar-refractivity contribution is 5.17. The number of allylic oxidation sites excluding steroid dienone is 2. The molecule has 2 atom stereocenters. The van der Waals surface area contributed by atoms with Crippen LogP contribution < -0.4 is 0 Å². The molecule has 80 valence electrons. The zero-order chi connectivity index (χ0) is 10.2. The molecular weight excluding hydrogens is 172 g/mol. The lowest BCUT2D eigenvalue weighted by Gasteiger charge is -2.44. The van der Waals surface area contributed by atoms with E-state index in [2.05, 4.69) is 19.9 Å². The van der Waals surface area contributed by atoms with Crippen molar-refractivity contribution in [2.24, 2.45) is 17.3 Å². The lowest BCUT2D eigenvalue weighted by molar-refractivity contribution is 0.121. The molecule has 1 fully saturated rings. The van der Waals surface area contributed by atoms with Crippen molar-refractivity contribution in [3.63, 3.8) is 0 Å². The molecule has 0 heterocycles. The Labute approximate surface area is 87.2 Å². The Hall–Kier alpha value is -0.300. The SMILES string of the molecule is CC1(C)CCCC2=CCC(CO)CC21. The summed E-state index contributed by atoms with van der Waals surface area (Å²) in [6.07, 6.45) is 8.77. The molecule has 0 aromatic rings. The second kappa shape index (κ2) is 3.69. The van der Waals surface area contributed by atoms with E-state index in [9.17, 15) is 5.11 Å². The monoisotopic (exact) mass is 194 g/mol. The fraction of sp³-hybridized carbons (Fsp3) is 0.846. The minimum atomic E-state index is 0.371. The maximum atomic E-state index is 9.22. The van der Waals surface area contributed by atoms with Gasteiger partial charge in [0.2, 0.25) is 0 Å². The highest BCUT2D eigenvalue weighted by atomic mass is 16.3. The van der Waals surface area contributed by atoms with Crippen LogP contribution in [0.1, 0.15) is 46.0 Å². The van der Waals surface area contributed by atoms with Crippen LogP contribution in [0.3, 0.4) is 0 Å². The first-order valence-corrected chi connectivity index (χ1v) is 5.93. The Morgan fingerprint density at radius 2 is 2.29 bits per heavy atom. The van der Waals surface area contributed by atoms with Crippen molar-refractivity contribution in [1.29, 1.82) is 0 Å². The summed E-state index contributed by atoms with van der Waals surface area (Å²) in [4.78, 5) is 0. The molecule has 0 radical (unpaired) electrons. The van der Waals surface area contributed by atoms with E-state index >= 15 is 0 Å². The van der Waals surface area contributed by atoms with Gasteiger partial charge in [0.05, 0.1) is 0 Å². The largest absolute Gasteiger partial charge is 0.396 e. The van der Waals surface area contributed by atoms with Gasteiger partial charge < -0.3 is 5.11 Å². The van der Waals surface area contributed by atoms with Crippen molar-refractivity contribution in [3.8, 4) is 0 Å². The van der Waals surface area contributed by atoms with Gasteiger partial charge >= 0.3 is 0 Å². The quantitative estimate of drug-likeness (QED) is 0.636. The molecule has 1 saturated carbocycles. The predicted molar refractivity (Wildman–Crippen MR) is 59.0 cm³/mol. The second-order valence-corrected chi connectivity index (χ2v) is 5.69. The van der Waals surface area contributed by atoms with E-state index in [0.717, 1.165) is 12.3 Å². The van der Waals surface area contributed by atoms with Crippen molar-refractivity contribution in [1.82, 2.24) is 0 Å². The molecule has 0 saturated heterocycles. The summed E-state index contributed by atoms with van der Waals surface area (Å²) in [6.45, 7) is 5.16. The predicted octanol–water partition coefficient (Wildman–Crippen LogP) is 3.14. The third kappa shape index (κ3) is 1.75. The van der Waals surface area contributed by atoms with Gasteiger partial charge in [-0.25, -0.2) is 0 Å². The zero-order valence-electron chi connectivity index (χ0n) is 9.42. The van der Waals surface area contributed by atoms with E-state index < -0.39 is 0 Å². The lowest BCUT2D eigenvalue weighted by atomic mass is 9.61. The zero-order valence-corrected chi connectivity index (χ0v) is 9.42. The molecule has 2 aliphatic rings. The molecular formula is C13H22O. The van der Waals surface area contributed by atoms with Gasteiger partial charge in [-0.3, -0.25) is 0 Å². The number of hydrogen-bond acceptors (Lipinski definition) is 1. The van der Waals surface area contributed by atoms with Gasteiger partial charge in [-0.2, -0.15) is 0 Å². The van der Waals surface area contributed by atoms with Crippen LogP contribution in [0.25, 0.3) is 0 Å². The van der Waals surface area contributed by atoms with E-state index in [1.54, 1.807) is 5.57 Å². The van der Waals surface area contributed by atoms with Gasteiger partial charge in [0, 0.05) is 6.61 Å². The van der Waals surface area contributed by atoms with Crippen LogP contribution in [-0.4, -0.2) is 11.7 Å². The van der Waals surface area contributed by atoms with Gasteiger partial charge in [0.1, 0.15) is 0 Å². The Bertz CT molecular complexity index is 240. The Balaban J connectivity index is 2.17. The smallest absolute Gasteiger partial charge is 0.0462 e. The van der Waals surface area contributed by atoms with Gasteiger partial charge in [-0.05, 0) is 49.4 Å². The van der Waals surface area contributed by atoms with Crippen molar-refractivity contribution >= 4 is 0 Å². The molecule has 0 aromatic carbocycles. The summed E-state index contributed by atoms with van der Waals surface area (Å²) < 4.78 is 0. The molecule has 0 aromatic heterocycles. The standard InChI is InChI=1S/C13H22O/c1-13(2)7-3-4-11-6-5-10(9-14)8-12(11)13/h6,10,12,14H,3-5,7-9H2,1-2H3. The minimum Gasteiger partial charge on any atom is -0.396 e. The molecule has 2 rings (SSSR count). The van der Waals surface area contributed by atoms with Crippen molar-refractivity contribution in [3.05, 3.63) is 11.6 Å². The molecule has 1 heteroatoms. The summed E-state index contributed by atoms with van der Waals surface area (Å²) in [5, 5.41) is 9.22. The molecule has 0 aliphatic heterocycles. The fourth-order valence-corrected chi connectivity index (χ4v) is 3.21. The van der Waals surface area contributed by atoms with Crippen molar-refractivity contribution in [2.45, 2.75) is 46.0 Å². The van der Waals surface area contributed by atoms with Crippen LogP contribution in [0.2, 0.25) is 0 Å². The number of rotatable bonds is 1. The van der Waals surface area contributed by atoms with Gasteiger partial charge in [0.15, 0.2) is 0 Å². The van der Waals surface area contributed by atoms with Crippen LogP contribution in [0.4, 0.5) is 0 Å². The molecule has 14 heavy (non-hydrogen) atoms. The maximum Gasteiger partial charge on any atom is 0.0462 e. The van der Waals surface area contributed by atoms with Crippen LogP contribution in [0.5, 0.6) is 0 Å². The van der Waals surface area contributed by atoms with Crippen LogP contribution in [0.15, 0.2) is 11.6 Å². The first-order chi connectivity index (χ1) is 6.63. The van der Waals surface area contributed by atoms with E-state index in [4.69, 9.17) is 0 Å². The third-order valence-corrected chi connectivity index (χ3v) is 4.22. The summed E-state index contributed by atoms with van der Waals surface area (Å²) in [5.41, 5.74) is 2.16. The summed E-state index contributed by atoms with van der Waals surface area (Å²) >= 11 is 0. The molecule has 1 N–H and O–H groups in total. The number of hydrogen-bond donors (Lipinski definition) is 1. The van der Waals surface area contributed by atoms with E-state index in [0.29, 0.717) is 17.9 Å². The molecule has 1 nitrogen and oxygen atoms in total. The molecule has 0 amide bonds. The summed E-state index contributed by atoms with van der Waals surface area (Å²) in [7, 11) is 0. The average molecular weight is 194 g/mol. The van der Waals surface area contributed by atoms with E-state index in [1.807, 2.05) is 0 Å². The number of aliphatic hydroxyl groups is 1.